The molecule has 0 amide bonds. The summed E-state index contributed by atoms with van der Waals surface area (Å²) in [6, 6.07) is 22.1. The van der Waals surface area contributed by atoms with Crippen LogP contribution in [0.2, 0.25) is 0 Å². The lowest BCUT2D eigenvalue weighted by Crippen LogP contribution is -2.46. The quantitative estimate of drug-likeness (QED) is 0.461. The predicted octanol–water partition coefficient (Wildman–Crippen LogP) is 5.79. The molecule has 2 unspecified atom stereocenters. The van der Waals surface area contributed by atoms with E-state index < -0.39 is 11.5 Å². The summed E-state index contributed by atoms with van der Waals surface area (Å²) < 4.78 is 5.69. The monoisotopic (exact) mass is 429 g/mol. The van der Waals surface area contributed by atoms with Gasteiger partial charge in [0.25, 0.3) is 0 Å². The fourth-order valence-electron chi connectivity index (χ4n) is 5.27. The topological polar surface area (TPSA) is 59.4 Å². The summed E-state index contributed by atoms with van der Waals surface area (Å²) in [6.07, 6.45) is 7.92. The van der Waals surface area contributed by atoms with Gasteiger partial charge in [0.1, 0.15) is 6.29 Å². The van der Waals surface area contributed by atoms with E-state index >= 15 is 0 Å². The van der Waals surface area contributed by atoms with E-state index in [1.165, 1.54) is 6.42 Å². The molecule has 3 aromatic rings. The first-order valence-electron chi connectivity index (χ1n) is 11.5. The van der Waals surface area contributed by atoms with Crippen molar-refractivity contribution in [2.45, 2.75) is 50.0 Å². The first-order valence-corrected chi connectivity index (χ1v) is 11.5. The first-order chi connectivity index (χ1) is 15.7. The zero-order valence-corrected chi connectivity index (χ0v) is 18.6. The summed E-state index contributed by atoms with van der Waals surface area (Å²) in [5.74, 6) is 0.0959. The molecule has 1 saturated carbocycles. The minimum absolute atomic E-state index is 0.0387. The van der Waals surface area contributed by atoms with Crippen molar-refractivity contribution in [2.75, 3.05) is 7.11 Å². The van der Waals surface area contributed by atoms with E-state index in [4.69, 9.17) is 4.74 Å². The highest BCUT2D eigenvalue weighted by atomic mass is 16.5. The SMILES string of the molecule is COc1ncc(-c2ccccc2)cc1C(c1ccccc1)C(O)(CC=O)C1CCCCC1. The van der Waals surface area contributed by atoms with Crippen molar-refractivity contribution in [2.24, 2.45) is 5.92 Å². The number of carbonyl (C=O) groups is 1. The summed E-state index contributed by atoms with van der Waals surface area (Å²) >= 11 is 0. The van der Waals surface area contributed by atoms with Gasteiger partial charge in [-0.3, -0.25) is 0 Å². The third-order valence-corrected chi connectivity index (χ3v) is 6.85. The second kappa shape index (κ2) is 10.1. The number of carbonyl (C=O) groups excluding carboxylic acids is 1. The molecule has 4 rings (SSSR count). The van der Waals surface area contributed by atoms with Crippen molar-refractivity contribution in [3.05, 3.63) is 84.1 Å². The Morgan fingerprint density at radius 1 is 1.03 bits per heavy atom. The van der Waals surface area contributed by atoms with Gasteiger partial charge in [-0.25, -0.2) is 4.98 Å². The molecule has 0 radical (unpaired) electrons. The summed E-state index contributed by atoms with van der Waals surface area (Å²) in [4.78, 5) is 16.5. The maximum atomic E-state index is 12.3. The smallest absolute Gasteiger partial charge is 0.216 e. The lowest BCUT2D eigenvalue weighted by molar-refractivity contribution is -0.117. The Morgan fingerprint density at radius 3 is 2.31 bits per heavy atom. The Bertz CT molecular complexity index is 1020. The van der Waals surface area contributed by atoms with E-state index in [1.807, 2.05) is 60.7 Å². The number of methoxy groups -OCH3 is 1. The van der Waals surface area contributed by atoms with Crippen molar-refractivity contribution >= 4 is 6.29 Å². The molecule has 0 aliphatic heterocycles. The Hall–Kier alpha value is -2.98. The number of hydrogen-bond acceptors (Lipinski definition) is 4. The largest absolute Gasteiger partial charge is 0.481 e. The standard InChI is InChI=1S/C28H31NO3/c1-32-27-25(19-23(20-29-27)21-11-5-2-6-12-21)26(22-13-7-3-8-14-22)28(31,17-18-30)24-15-9-4-10-16-24/h2-3,5-8,11-14,18-20,24,26,31H,4,9-10,15-17H2,1H3. The van der Waals surface area contributed by atoms with Crippen LogP contribution >= 0.6 is 0 Å². The molecule has 1 aromatic heterocycles. The van der Waals surface area contributed by atoms with E-state index in [0.29, 0.717) is 5.88 Å². The number of hydrogen-bond donors (Lipinski definition) is 1. The van der Waals surface area contributed by atoms with Crippen LogP contribution in [0.1, 0.15) is 55.6 Å². The second-order valence-corrected chi connectivity index (χ2v) is 8.73. The van der Waals surface area contributed by atoms with Crippen molar-refractivity contribution < 1.29 is 14.6 Å². The van der Waals surface area contributed by atoms with Gasteiger partial charge < -0.3 is 14.6 Å². The minimum Gasteiger partial charge on any atom is -0.481 e. The molecular formula is C28H31NO3. The average molecular weight is 430 g/mol. The zero-order valence-electron chi connectivity index (χ0n) is 18.6. The highest BCUT2D eigenvalue weighted by molar-refractivity contribution is 5.65. The zero-order chi connectivity index (χ0) is 22.4. The average Bonchev–Trinajstić information content (AvgIpc) is 2.86. The molecule has 2 aromatic carbocycles. The predicted molar refractivity (Wildman–Crippen MR) is 127 cm³/mol. The summed E-state index contributed by atoms with van der Waals surface area (Å²) in [5, 5.41) is 12.3. The lowest BCUT2D eigenvalue weighted by atomic mass is 9.65. The van der Waals surface area contributed by atoms with E-state index in [0.717, 1.165) is 54.2 Å². The van der Waals surface area contributed by atoms with E-state index in [-0.39, 0.29) is 12.3 Å². The molecule has 1 heterocycles. The number of pyridine rings is 1. The fourth-order valence-corrected chi connectivity index (χ4v) is 5.27. The van der Waals surface area contributed by atoms with Gasteiger partial charge in [0, 0.05) is 29.7 Å². The Labute approximate surface area is 190 Å². The Morgan fingerprint density at radius 2 is 1.69 bits per heavy atom. The summed E-state index contributed by atoms with van der Waals surface area (Å²) in [6.45, 7) is 0. The van der Waals surface area contributed by atoms with Gasteiger partial charge in [-0.05, 0) is 36.0 Å². The molecule has 1 N–H and O–H groups in total. The van der Waals surface area contributed by atoms with Gasteiger partial charge in [-0.15, -0.1) is 0 Å². The summed E-state index contributed by atoms with van der Waals surface area (Å²) in [7, 11) is 1.61. The summed E-state index contributed by atoms with van der Waals surface area (Å²) in [5.41, 5.74) is 2.57. The van der Waals surface area contributed by atoms with Crippen LogP contribution in [0.5, 0.6) is 5.88 Å². The van der Waals surface area contributed by atoms with Gasteiger partial charge >= 0.3 is 0 Å². The van der Waals surface area contributed by atoms with Crippen LogP contribution in [0.3, 0.4) is 0 Å². The highest BCUT2D eigenvalue weighted by Crippen LogP contribution is 2.48. The molecule has 0 saturated heterocycles. The number of aldehydes is 1. The molecule has 1 fully saturated rings. The van der Waals surface area contributed by atoms with Gasteiger partial charge in [0.2, 0.25) is 5.88 Å². The van der Waals surface area contributed by atoms with Crippen LogP contribution in [0.15, 0.2) is 72.9 Å². The van der Waals surface area contributed by atoms with Gasteiger partial charge in [-0.1, -0.05) is 79.9 Å². The molecule has 2 atom stereocenters. The minimum atomic E-state index is -1.21. The fraction of sp³-hybridized carbons (Fsp3) is 0.357. The maximum absolute atomic E-state index is 12.3. The molecule has 4 nitrogen and oxygen atoms in total. The van der Waals surface area contributed by atoms with Crippen molar-refractivity contribution in [3.63, 3.8) is 0 Å². The Balaban J connectivity index is 1.91. The van der Waals surface area contributed by atoms with Gasteiger partial charge in [0.15, 0.2) is 0 Å². The number of aliphatic hydroxyl groups is 1. The molecule has 4 heteroatoms. The highest BCUT2D eigenvalue weighted by Gasteiger charge is 2.46. The lowest BCUT2D eigenvalue weighted by Gasteiger charge is -2.44. The van der Waals surface area contributed by atoms with Crippen LogP contribution in [0.25, 0.3) is 11.1 Å². The normalized spacial score (nSPS) is 17.3. The van der Waals surface area contributed by atoms with E-state index in [1.54, 1.807) is 13.3 Å². The molecule has 0 bridgehead atoms. The maximum Gasteiger partial charge on any atom is 0.216 e. The van der Waals surface area contributed by atoms with Crippen LogP contribution < -0.4 is 4.74 Å². The molecule has 0 spiro atoms. The van der Waals surface area contributed by atoms with E-state index in [2.05, 4.69) is 11.1 Å². The molecule has 1 aliphatic rings. The third-order valence-electron chi connectivity index (χ3n) is 6.85. The van der Waals surface area contributed by atoms with Crippen LogP contribution in [-0.4, -0.2) is 29.1 Å². The van der Waals surface area contributed by atoms with Crippen LogP contribution in [-0.2, 0) is 4.79 Å². The number of benzene rings is 2. The van der Waals surface area contributed by atoms with Crippen LogP contribution in [0, 0.1) is 5.92 Å². The number of ether oxygens (including phenoxy) is 1. The number of nitrogens with zero attached hydrogens (tertiary/aromatic N) is 1. The van der Waals surface area contributed by atoms with E-state index in [9.17, 15) is 9.90 Å². The molecule has 1 aliphatic carbocycles. The first kappa shape index (κ1) is 22.2. The molecular weight excluding hydrogens is 398 g/mol. The van der Waals surface area contributed by atoms with Crippen molar-refractivity contribution in [1.29, 1.82) is 0 Å². The number of rotatable bonds is 8. The van der Waals surface area contributed by atoms with Crippen molar-refractivity contribution in [3.8, 4) is 17.0 Å². The second-order valence-electron chi connectivity index (χ2n) is 8.73. The third kappa shape index (κ3) is 4.46. The van der Waals surface area contributed by atoms with Gasteiger partial charge in [0.05, 0.1) is 12.7 Å². The van der Waals surface area contributed by atoms with Crippen LogP contribution in [0.4, 0.5) is 0 Å². The van der Waals surface area contributed by atoms with Gasteiger partial charge in [-0.2, -0.15) is 0 Å². The molecule has 166 valence electrons. The molecule has 32 heavy (non-hydrogen) atoms. The van der Waals surface area contributed by atoms with Crippen molar-refractivity contribution in [1.82, 2.24) is 4.98 Å². The number of aromatic nitrogens is 1. The Kier molecular flexibility index (Phi) is 7.01.